The monoisotopic (exact) mass is 270 g/mol. The van der Waals surface area contributed by atoms with E-state index in [4.69, 9.17) is 4.74 Å². The van der Waals surface area contributed by atoms with Crippen LogP contribution in [0.4, 0.5) is 4.79 Å². The van der Waals surface area contributed by atoms with Gasteiger partial charge in [-0.15, -0.1) is 0 Å². The first-order chi connectivity index (χ1) is 9.07. The first kappa shape index (κ1) is 14.1. The molecule has 0 bridgehead atoms. The normalized spacial score (nSPS) is 28.5. The van der Waals surface area contributed by atoms with Gasteiger partial charge in [-0.3, -0.25) is 4.79 Å². The smallest absolute Gasteiger partial charge is 0.315 e. The number of hydrogen-bond acceptors (Lipinski definition) is 3. The van der Waals surface area contributed by atoms with Crippen molar-refractivity contribution in [2.24, 2.45) is 11.3 Å². The maximum absolute atomic E-state index is 11.7. The van der Waals surface area contributed by atoms with Gasteiger partial charge in [0.2, 0.25) is 0 Å². The SMILES string of the molecule is CCC1CC1NC(=O)NCC1(C(=O)O)CCOCC1. The van der Waals surface area contributed by atoms with Crippen LogP contribution in [0, 0.1) is 11.3 Å². The molecule has 0 spiro atoms. The van der Waals surface area contributed by atoms with Gasteiger partial charge in [0.25, 0.3) is 0 Å². The number of carbonyl (C=O) groups is 2. The minimum absolute atomic E-state index is 0.168. The van der Waals surface area contributed by atoms with Gasteiger partial charge in [0, 0.05) is 25.8 Å². The third kappa shape index (κ3) is 3.37. The summed E-state index contributed by atoms with van der Waals surface area (Å²) in [6, 6.07) is 0.00790. The molecular weight excluding hydrogens is 248 g/mol. The van der Waals surface area contributed by atoms with Gasteiger partial charge in [0.15, 0.2) is 0 Å². The lowest BCUT2D eigenvalue weighted by atomic mass is 9.80. The topological polar surface area (TPSA) is 87.7 Å². The average molecular weight is 270 g/mol. The molecule has 6 heteroatoms. The molecule has 2 atom stereocenters. The molecule has 0 radical (unpaired) electrons. The van der Waals surface area contributed by atoms with Gasteiger partial charge >= 0.3 is 12.0 Å². The van der Waals surface area contributed by atoms with E-state index in [1.54, 1.807) is 0 Å². The predicted molar refractivity (Wildman–Crippen MR) is 68.8 cm³/mol. The van der Waals surface area contributed by atoms with Gasteiger partial charge < -0.3 is 20.5 Å². The Hall–Kier alpha value is -1.30. The molecule has 2 amide bonds. The van der Waals surface area contributed by atoms with Gasteiger partial charge in [0.1, 0.15) is 0 Å². The number of ether oxygens (including phenoxy) is 1. The van der Waals surface area contributed by atoms with E-state index in [2.05, 4.69) is 17.6 Å². The second kappa shape index (κ2) is 5.77. The van der Waals surface area contributed by atoms with E-state index in [0.717, 1.165) is 12.8 Å². The lowest BCUT2D eigenvalue weighted by Crippen LogP contribution is -2.49. The molecule has 2 aliphatic rings. The third-order valence-corrected chi connectivity index (χ3v) is 4.25. The van der Waals surface area contributed by atoms with Crippen molar-refractivity contribution < 1.29 is 19.4 Å². The molecule has 2 fully saturated rings. The van der Waals surface area contributed by atoms with E-state index in [9.17, 15) is 14.7 Å². The highest BCUT2D eigenvalue weighted by Gasteiger charge is 2.41. The predicted octanol–water partition coefficient (Wildman–Crippen LogP) is 0.965. The van der Waals surface area contributed by atoms with Crippen molar-refractivity contribution in [3.63, 3.8) is 0 Å². The summed E-state index contributed by atoms with van der Waals surface area (Å²) in [5.41, 5.74) is -0.872. The van der Waals surface area contributed by atoms with Gasteiger partial charge in [0.05, 0.1) is 5.41 Å². The molecule has 0 aromatic carbocycles. The number of carboxylic acids is 1. The molecule has 1 saturated carbocycles. The molecule has 0 aromatic rings. The molecule has 2 unspecified atom stereocenters. The van der Waals surface area contributed by atoms with E-state index in [1.807, 2.05) is 0 Å². The number of carbonyl (C=O) groups excluding carboxylic acids is 1. The zero-order chi connectivity index (χ0) is 13.9. The van der Waals surface area contributed by atoms with Crippen LogP contribution in [0.2, 0.25) is 0 Å². The molecule has 6 nitrogen and oxygen atoms in total. The summed E-state index contributed by atoms with van der Waals surface area (Å²) in [4.78, 5) is 23.1. The molecule has 1 saturated heterocycles. The van der Waals surface area contributed by atoms with Gasteiger partial charge in [-0.25, -0.2) is 4.79 Å². The Morgan fingerprint density at radius 1 is 1.37 bits per heavy atom. The second-order valence-electron chi connectivity index (χ2n) is 5.54. The number of aliphatic carboxylic acids is 1. The first-order valence-corrected chi connectivity index (χ1v) is 6.93. The Labute approximate surface area is 112 Å². The fraction of sp³-hybridized carbons (Fsp3) is 0.846. The fourth-order valence-electron chi connectivity index (χ4n) is 2.57. The van der Waals surface area contributed by atoms with Crippen molar-refractivity contribution in [3.05, 3.63) is 0 Å². The maximum atomic E-state index is 11.7. The summed E-state index contributed by atoms with van der Waals surface area (Å²) < 4.78 is 5.19. The lowest BCUT2D eigenvalue weighted by Gasteiger charge is -2.33. The Bertz CT molecular complexity index is 353. The van der Waals surface area contributed by atoms with Gasteiger partial charge in [-0.1, -0.05) is 13.3 Å². The van der Waals surface area contributed by atoms with Gasteiger partial charge in [-0.05, 0) is 25.2 Å². The maximum Gasteiger partial charge on any atom is 0.315 e. The number of carboxylic acid groups (broad SMARTS) is 1. The number of amides is 2. The lowest BCUT2D eigenvalue weighted by molar-refractivity contribution is -0.154. The molecule has 0 aromatic heterocycles. The fourth-order valence-corrected chi connectivity index (χ4v) is 2.57. The van der Waals surface area contributed by atoms with Crippen molar-refractivity contribution >= 4 is 12.0 Å². The van der Waals surface area contributed by atoms with Crippen molar-refractivity contribution in [1.82, 2.24) is 10.6 Å². The quantitative estimate of drug-likeness (QED) is 0.694. The minimum Gasteiger partial charge on any atom is -0.481 e. The van der Waals surface area contributed by atoms with Crippen LogP contribution in [0.5, 0.6) is 0 Å². The molecule has 19 heavy (non-hydrogen) atoms. The molecule has 1 aliphatic heterocycles. The van der Waals surface area contributed by atoms with Crippen LogP contribution in [0.15, 0.2) is 0 Å². The van der Waals surface area contributed by atoms with Gasteiger partial charge in [-0.2, -0.15) is 0 Å². The summed E-state index contributed by atoms with van der Waals surface area (Å²) in [7, 11) is 0. The first-order valence-electron chi connectivity index (χ1n) is 6.93. The Balaban J connectivity index is 1.79. The van der Waals surface area contributed by atoms with Crippen molar-refractivity contribution in [1.29, 1.82) is 0 Å². The van der Waals surface area contributed by atoms with Crippen LogP contribution in [0.25, 0.3) is 0 Å². The average Bonchev–Trinajstić information content (AvgIpc) is 3.15. The van der Waals surface area contributed by atoms with Crippen LogP contribution in [-0.4, -0.2) is 42.9 Å². The van der Waals surface area contributed by atoms with Crippen molar-refractivity contribution in [2.45, 2.75) is 38.6 Å². The Morgan fingerprint density at radius 3 is 2.58 bits per heavy atom. The van der Waals surface area contributed by atoms with E-state index in [1.165, 1.54) is 0 Å². The highest BCUT2D eigenvalue weighted by molar-refractivity contribution is 5.78. The summed E-state index contributed by atoms with van der Waals surface area (Å²) in [6.07, 6.45) is 3.00. The van der Waals surface area contributed by atoms with Crippen LogP contribution < -0.4 is 10.6 Å². The molecule has 1 aliphatic carbocycles. The molecule has 3 N–H and O–H groups in total. The third-order valence-electron chi connectivity index (χ3n) is 4.25. The number of hydrogen-bond donors (Lipinski definition) is 3. The Kier molecular flexibility index (Phi) is 4.29. The highest BCUT2D eigenvalue weighted by Crippen LogP contribution is 2.33. The zero-order valence-electron chi connectivity index (χ0n) is 11.3. The molecule has 2 rings (SSSR count). The molecular formula is C13H22N2O4. The van der Waals surface area contributed by atoms with E-state index < -0.39 is 11.4 Å². The second-order valence-corrected chi connectivity index (χ2v) is 5.54. The summed E-state index contributed by atoms with van der Waals surface area (Å²) in [5.74, 6) is -0.267. The zero-order valence-corrected chi connectivity index (χ0v) is 11.3. The van der Waals surface area contributed by atoms with E-state index >= 15 is 0 Å². The number of rotatable bonds is 5. The number of urea groups is 1. The van der Waals surface area contributed by atoms with Crippen LogP contribution in [-0.2, 0) is 9.53 Å². The molecule has 1 heterocycles. The largest absolute Gasteiger partial charge is 0.481 e. The summed E-state index contributed by atoms with van der Waals surface area (Å²) in [6.45, 7) is 3.15. The minimum atomic E-state index is -0.872. The van der Waals surface area contributed by atoms with Crippen LogP contribution in [0.1, 0.15) is 32.6 Å². The van der Waals surface area contributed by atoms with Crippen molar-refractivity contribution in [3.8, 4) is 0 Å². The summed E-state index contributed by atoms with van der Waals surface area (Å²) in [5, 5.41) is 14.9. The van der Waals surface area contributed by atoms with Crippen LogP contribution in [0.3, 0.4) is 0 Å². The number of nitrogens with one attached hydrogen (secondary N) is 2. The molecule has 108 valence electrons. The Morgan fingerprint density at radius 2 is 2.05 bits per heavy atom. The standard InChI is InChI=1S/C13H22N2O4/c1-2-9-7-10(9)15-12(18)14-8-13(11(16)17)3-5-19-6-4-13/h9-10H,2-8H2,1H3,(H,16,17)(H2,14,15,18). The highest BCUT2D eigenvalue weighted by atomic mass is 16.5. The van der Waals surface area contributed by atoms with E-state index in [-0.39, 0.29) is 18.6 Å². The summed E-state index contributed by atoms with van der Waals surface area (Å²) >= 11 is 0. The van der Waals surface area contributed by atoms with Crippen molar-refractivity contribution in [2.75, 3.05) is 19.8 Å². The van der Waals surface area contributed by atoms with Crippen LogP contribution >= 0.6 is 0 Å². The van der Waals surface area contributed by atoms with E-state index in [0.29, 0.717) is 32.0 Å².